The summed E-state index contributed by atoms with van der Waals surface area (Å²) in [6.07, 6.45) is -1.75. The Morgan fingerprint density at radius 1 is 1.77 bits per heavy atom. The van der Waals surface area contributed by atoms with Crippen molar-refractivity contribution >= 4 is 7.85 Å². The van der Waals surface area contributed by atoms with Gasteiger partial charge in [0, 0.05) is 10.9 Å². The molecule has 0 unspecified atom stereocenters. The van der Waals surface area contributed by atoms with Gasteiger partial charge in [0.2, 0.25) is 0 Å². The van der Waals surface area contributed by atoms with Crippen molar-refractivity contribution in [2.45, 2.75) is 24.0 Å². The van der Waals surface area contributed by atoms with Gasteiger partial charge < -0.3 is 14.9 Å². The van der Waals surface area contributed by atoms with Gasteiger partial charge in [0.1, 0.15) is 20.6 Å². The SMILES string of the molecule is [B][C@@H]1O[C@](F)(CO)[C@@H](O)[C@H]1N=[N+]=[N-]. The van der Waals surface area contributed by atoms with E-state index in [1.807, 2.05) is 0 Å². The third-order valence-corrected chi connectivity index (χ3v) is 1.83. The minimum Gasteiger partial charge on any atom is -0.390 e. The summed E-state index contributed by atoms with van der Waals surface area (Å²) >= 11 is 0. The number of hydrogen-bond acceptors (Lipinski definition) is 4. The molecule has 0 spiro atoms. The minimum atomic E-state index is -2.64. The molecular weight excluding hydrogens is 180 g/mol. The molecule has 6 nitrogen and oxygen atoms in total. The van der Waals surface area contributed by atoms with Crippen molar-refractivity contribution in [3.63, 3.8) is 0 Å². The van der Waals surface area contributed by atoms with E-state index in [0.717, 1.165) is 0 Å². The zero-order chi connectivity index (χ0) is 10.1. The van der Waals surface area contributed by atoms with Gasteiger partial charge in [0.15, 0.2) is 0 Å². The second-order valence-corrected chi connectivity index (χ2v) is 2.67. The predicted octanol–water partition coefficient (Wildman–Crippen LogP) is -0.791. The average molecular weight is 187 g/mol. The summed E-state index contributed by atoms with van der Waals surface area (Å²) in [4.78, 5) is 2.38. The van der Waals surface area contributed by atoms with E-state index in [1.54, 1.807) is 0 Å². The van der Waals surface area contributed by atoms with Crippen LogP contribution < -0.4 is 0 Å². The largest absolute Gasteiger partial charge is 0.390 e. The van der Waals surface area contributed by atoms with E-state index in [-0.39, 0.29) is 0 Å². The Balaban J connectivity index is 2.86. The second kappa shape index (κ2) is 3.51. The lowest BCUT2D eigenvalue weighted by Crippen LogP contribution is -2.41. The first-order valence-corrected chi connectivity index (χ1v) is 3.50. The summed E-state index contributed by atoms with van der Waals surface area (Å²) in [7, 11) is 5.21. The van der Waals surface area contributed by atoms with Crippen LogP contribution in [0.5, 0.6) is 0 Å². The molecule has 1 rings (SSSR count). The number of halogens is 1. The van der Waals surface area contributed by atoms with Crippen molar-refractivity contribution in [3.05, 3.63) is 10.4 Å². The first-order chi connectivity index (χ1) is 6.05. The highest BCUT2D eigenvalue weighted by atomic mass is 19.2. The highest BCUT2D eigenvalue weighted by Gasteiger charge is 2.52. The molecule has 1 aliphatic rings. The number of aliphatic hydroxyl groups excluding tert-OH is 2. The van der Waals surface area contributed by atoms with Gasteiger partial charge in [-0.15, -0.1) is 0 Å². The van der Waals surface area contributed by atoms with Gasteiger partial charge in [0.05, 0.1) is 6.04 Å². The number of hydrogen-bond donors (Lipinski definition) is 2. The molecule has 2 radical (unpaired) electrons. The van der Waals surface area contributed by atoms with Crippen LogP contribution in [0.25, 0.3) is 10.4 Å². The van der Waals surface area contributed by atoms with Crippen molar-refractivity contribution in [1.29, 1.82) is 0 Å². The lowest BCUT2D eigenvalue weighted by atomic mass is 9.91. The van der Waals surface area contributed by atoms with Crippen LogP contribution in [0.1, 0.15) is 0 Å². The first kappa shape index (κ1) is 10.3. The zero-order valence-corrected chi connectivity index (χ0v) is 6.54. The molecule has 0 aliphatic carbocycles. The Labute approximate surface area is 74.3 Å². The summed E-state index contributed by atoms with van der Waals surface area (Å²) < 4.78 is 17.7. The highest BCUT2D eigenvalue weighted by Crippen LogP contribution is 2.32. The molecular formula is C5H7BFN3O3. The standard InChI is InChI=1S/C5H7BFN3O3/c6-4-2(9-10-8)3(12)5(7,1-11)13-4/h2-4,11-12H,1H2/t2-,3+,4-,5-/m1/s1. The fourth-order valence-corrected chi connectivity index (χ4v) is 1.12. The number of aliphatic hydroxyl groups is 2. The summed E-state index contributed by atoms with van der Waals surface area (Å²) in [6, 6.07) is -2.47. The molecule has 0 aromatic carbocycles. The molecule has 0 amide bonds. The van der Waals surface area contributed by atoms with Crippen molar-refractivity contribution in [2.24, 2.45) is 5.11 Å². The molecule has 0 aromatic rings. The van der Waals surface area contributed by atoms with Gasteiger partial charge in [-0.2, -0.15) is 0 Å². The van der Waals surface area contributed by atoms with Crippen molar-refractivity contribution in [3.8, 4) is 0 Å². The average Bonchev–Trinajstić information content (AvgIpc) is 2.31. The molecule has 2 N–H and O–H groups in total. The van der Waals surface area contributed by atoms with Crippen LogP contribution in [0, 0.1) is 0 Å². The molecule has 0 bridgehead atoms. The normalized spacial score (nSPS) is 44.4. The molecule has 0 saturated carbocycles. The van der Waals surface area contributed by atoms with Crippen LogP contribution in [0.3, 0.4) is 0 Å². The third kappa shape index (κ3) is 1.61. The van der Waals surface area contributed by atoms with Crippen LogP contribution >= 0.6 is 0 Å². The van der Waals surface area contributed by atoms with Gasteiger partial charge in [0.25, 0.3) is 5.85 Å². The Bertz CT molecular complexity index is 249. The van der Waals surface area contributed by atoms with E-state index < -0.39 is 30.6 Å². The minimum absolute atomic E-state index is 1.04. The number of rotatable bonds is 2. The molecule has 70 valence electrons. The highest BCUT2D eigenvalue weighted by molar-refractivity contribution is 6.11. The van der Waals surface area contributed by atoms with Crippen molar-refractivity contribution in [2.75, 3.05) is 6.61 Å². The molecule has 0 aromatic heterocycles. The monoisotopic (exact) mass is 187 g/mol. The van der Waals surface area contributed by atoms with Gasteiger partial charge in [-0.25, -0.2) is 4.39 Å². The Hall–Kier alpha value is -0.815. The van der Waals surface area contributed by atoms with Gasteiger partial charge in [-0.3, -0.25) is 0 Å². The van der Waals surface area contributed by atoms with E-state index in [2.05, 4.69) is 14.8 Å². The first-order valence-electron chi connectivity index (χ1n) is 3.50. The lowest BCUT2D eigenvalue weighted by molar-refractivity contribution is -0.185. The number of alkyl halides is 1. The quantitative estimate of drug-likeness (QED) is 0.256. The van der Waals surface area contributed by atoms with Gasteiger partial charge in [-0.1, -0.05) is 5.11 Å². The van der Waals surface area contributed by atoms with Crippen LogP contribution in [0.2, 0.25) is 0 Å². The predicted molar refractivity (Wildman–Crippen MR) is 40.5 cm³/mol. The van der Waals surface area contributed by atoms with E-state index >= 15 is 0 Å². The summed E-state index contributed by atoms with van der Waals surface area (Å²) in [6.45, 7) is -1.04. The number of ether oxygens (including phenoxy) is 1. The smallest absolute Gasteiger partial charge is 0.258 e. The molecule has 1 heterocycles. The Kier molecular flexibility index (Phi) is 2.77. The molecule has 1 fully saturated rings. The summed E-state index contributed by atoms with van der Waals surface area (Å²) in [5, 5.41) is 20.8. The van der Waals surface area contributed by atoms with Crippen LogP contribution in [-0.4, -0.2) is 48.7 Å². The molecule has 13 heavy (non-hydrogen) atoms. The van der Waals surface area contributed by atoms with E-state index in [4.69, 9.17) is 18.5 Å². The molecule has 8 heteroatoms. The van der Waals surface area contributed by atoms with Crippen molar-refractivity contribution in [1.82, 2.24) is 0 Å². The Morgan fingerprint density at radius 3 is 2.77 bits per heavy atom. The second-order valence-electron chi connectivity index (χ2n) is 2.67. The number of azide groups is 1. The zero-order valence-electron chi connectivity index (χ0n) is 6.54. The fourth-order valence-electron chi connectivity index (χ4n) is 1.12. The van der Waals surface area contributed by atoms with E-state index in [1.165, 1.54) is 0 Å². The Morgan fingerprint density at radius 2 is 2.38 bits per heavy atom. The maximum atomic E-state index is 13.3. The van der Waals surface area contributed by atoms with E-state index in [0.29, 0.717) is 0 Å². The maximum Gasteiger partial charge on any atom is 0.258 e. The number of nitrogens with zero attached hydrogens (tertiary/aromatic N) is 3. The fraction of sp³-hybridized carbons (Fsp3) is 1.00. The maximum absolute atomic E-state index is 13.3. The van der Waals surface area contributed by atoms with Gasteiger partial charge >= 0.3 is 0 Å². The van der Waals surface area contributed by atoms with Crippen molar-refractivity contribution < 1.29 is 19.3 Å². The lowest BCUT2D eigenvalue weighted by Gasteiger charge is -2.20. The van der Waals surface area contributed by atoms with Gasteiger partial charge in [-0.05, 0) is 5.53 Å². The summed E-state index contributed by atoms with van der Waals surface area (Å²) in [5.41, 5.74) is 8.06. The summed E-state index contributed by atoms with van der Waals surface area (Å²) in [5.74, 6) is -2.64. The van der Waals surface area contributed by atoms with Crippen LogP contribution in [0.4, 0.5) is 4.39 Å². The van der Waals surface area contributed by atoms with E-state index in [9.17, 15) is 9.50 Å². The van der Waals surface area contributed by atoms with Crippen LogP contribution in [-0.2, 0) is 4.74 Å². The molecule has 4 atom stereocenters. The van der Waals surface area contributed by atoms with Crippen LogP contribution in [0.15, 0.2) is 5.11 Å². The molecule has 1 saturated heterocycles. The molecule has 1 aliphatic heterocycles. The topological polar surface area (TPSA) is 98.5 Å². The third-order valence-electron chi connectivity index (χ3n) is 1.83.